The normalized spacial score (nSPS) is 21.5. The zero-order valence-electron chi connectivity index (χ0n) is 11.9. The molecule has 106 valence electrons. The first kappa shape index (κ1) is 14.3. The molecule has 0 amide bonds. The van der Waals surface area contributed by atoms with Crippen LogP contribution in [0.4, 0.5) is 10.1 Å². The fraction of sp³-hybridized carbons (Fsp3) is 0.600. The maximum atomic E-state index is 13.7. The third-order valence-corrected chi connectivity index (χ3v) is 3.73. The third-order valence-electron chi connectivity index (χ3n) is 3.73. The molecule has 1 aliphatic rings. The SMILES string of the molecule is CCC1CN(c2cc(C)c(F)cc2C(C)N)CCO1. The molecule has 0 aromatic heterocycles. The number of anilines is 1. The Morgan fingerprint density at radius 2 is 2.26 bits per heavy atom. The van der Waals surface area contributed by atoms with E-state index in [1.54, 1.807) is 13.0 Å². The van der Waals surface area contributed by atoms with E-state index in [2.05, 4.69) is 11.8 Å². The van der Waals surface area contributed by atoms with Gasteiger partial charge in [0, 0.05) is 24.8 Å². The second-order valence-electron chi connectivity index (χ2n) is 5.30. The number of rotatable bonds is 3. The van der Waals surface area contributed by atoms with Gasteiger partial charge in [0.1, 0.15) is 5.82 Å². The van der Waals surface area contributed by atoms with Gasteiger partial charge in [-0.05, 0) is 43.5 Å². The lowest BCUT2D eigenvalue weighted by Gasteiger charge is -2.36. The molecule has 2 N–H and O–H groups in total. The molecule has 1 heterocycles. The monoisotopic (exact) mass is 266 g/mol. The van der Waals surface area contributed by atoms with Gasteiger partial charge < -0.3 is 15.4 Å². The van der Waals surface area contributed by atoms with E-state index in [0.717, 1.165) is 30.8 Å². The smallest absolute Gasteiger partial charge is 0.126 e. The van der Waals surface area contributed by atoms with Crippen LogP contribution in [0.2, 0.25) is 0 Å². The van der Waals surface area contributed by atoms with Crippen LogP contribution < -0.4 is 10.6 Å². The van der Waals surface area contributed by atoms with Crippen LogP contribution in [0, 0.1) is 12.7 Å². The number of nitrogens with two attached hydrogens (primary N) is 1. The minimum atomic E-state index is -0.184. The van der Waals surface area contributed by atoms with Gasteiger partial charge in [-0.25, -0.2) is 4.39 Å². The highest BCUT2D eigenvalue weighted by Crippen LogP contribution is 2.30. The molecule has 2 rings (SSSR count). The molecule has 1 aliphatic heterocycles. The first-order valence-corrected chi connectivity index (χ1v) is 6.95. The van der Waals surface area contributed by atoms with Gasteiger partial charge in [-0.1, -0.05) is 6.92 Å². The minimum absolute atomic E-state index is 0.173. The second kappa shape index (κ2) is 5.88. The van der Waals surface area contributed by atoms with Crippen molar-refractivity contribution < 1.29 is 9.13 Å². The van der Waals surface area contributed by atoms with Crippen LogP contribution >= 0.6 is 0 Å². The van der Waals surface area contributed by atoms with Crippen LogP contribution in [0.25, 0.3) is 0 Å². The van der Waals surface area contributed by atoms with E-state index in [-0.39, 0.29) is 18.0 Å². The van der Waals surface area contributed by atoms with E-state index >= 15 is 0 Å². The maximum absolute atomic E-state index is 13.7. The van der Waals surface area contributed by atoms with Crippen molar-refractivity contribution in [1.29, 1.82) is 0 Å². The van der Waals surface area contributed by atoms with Crippen LogP contribution in [-0.4, -0.2) is 25.8 Å². The highest BCUT2D eigenvalue weighted by molar-refractivity contribution is 5.57. The lowest BCUT2D eigenvalue weighted by molar-refractivity contribution is 0.0383. The Labute approximate surface area is 114 Å². The summed E-state index contributed by atoms with van der Waals surface area (Å²) in [6, 6.07) is 3.31. The standard InChI is InChI=1S/C15H23FN2O/c1-4-12-9-18(5-6-19-12)15-7-10(2)14(16)8-13(15)11(3)17/h7-8,11-12H,4-6,9,17H2,1-3H3. The van der Waals surface area contributed by atoms with Crippen LogP contribution in [0.5, 0.6) is 0 Å². The molecule has 0 radical (unpaired) electrons. The largest absolute Gasteiger partial charge is 0.375 e. The van der Waals surface area contributed by atoms with Gasteiger partial charge in [0.15, 0.2) is 0 Å². The molecule has 1 saturated heterocycles. The summed E-state index contributed by atoms with van der Waals surface area (Å²) >= 11 is 0. The zero-order chi connectivity index (χ0) is 14.0. The number of morpholine rings is 1. The van der Waals surface area contributed by atoms with Crippen molar-refractivity contribution in [3.05, 3.63) is 29.1 Å². The first-order valence-electron chi connectivity index (χ1n) is 6.95. The first-order chi connectivity index (χ1) is 9.02. The van der Waals surface area contributed by atoms with Crippen LogP contribution in [0.3, 0.4) is 0 Å². The lowest BCUT2D eigenvalue weighted by atomic mass is 10.0. The van der Waals surface area contributed by atoms with Crippen molar-refractivity contribution in [2.75, 3.05) is 24.6 Å². The van der Waals surface area contributed by atoms with Crippen molar-refractivity contribution in [2.24, 2.45) is 5.73 Å². The Balaban J connectivity index is 2.34. The molecule has 4 heteroatoms. The Morgan fingerprint density at radius 1 is 1.53 bits per heavy atom. The van der Waals surface area contributed by atoms with Crippen LogP contribution in [0.15, 0.2) is 12.1 Å². The van der Waals surface area contributed by atoms with E-state index < -0.39 is 0 Å². The number of ether oxygens (including phenoxy) is 1. The molecule has 0 bridgehead atoms. The summed E-state index contributed by atoms with van der Waals surface area (Å²) in [5.74, 6) is -0.184. The summed E-state index contributed by atoms with van der Waals surface area (Å²) in [4.78, 5) is 2.27. The average molecular weight is 266 g/mol. The molecular weight excluding hydrogens is 243 g/mol. The molecule has 19 heavy (non-hydrogen) atoms. The molecule has 1 aromatic carbocycles. The van der Waals surface area contributed by atoms with E-state index in [0.29, 0.717) is 12.2 Å². The van der Waals surface area contributed by atoms with Crippen LogP contribution in [0.1, 0.15) is 37.4 Å². The number of hydrogen-bond donors (Lipinski definition) is 1. The zero-order valence-corrected chi connectivity index (χ0v) is 11.9. The van der Waals surface area contributed by atoms with Crippen molar-refractivity contribution in [3.8, 4) is 0 Å². The molecule has 0 spiro atoms. The predicted molar refractivity (Wildman–Crippen MR) is 76.0 cm³/mol. The van der Waals surface area contributed by atoms with Gasteiger partial charge in [0.25, 0.3) is 0 Å². The number of aryl methyl sites for hydroxylation is 1. The summed E-state index contributed by atoms with van der Waals surface area (Å²) in [6.45, 7) is 8.21. The van der Waals surface area contributed by atoms with E-state index in [1.807, 2.05) is 13.0 Å². The summed E-state index contributed by atoms with van der Waals surface area (Å²) in [6.07, 6.45) is 1.24. The predicted octanol–water partition coefficient (Wildman–Crippen LogP) is 2.77. The quantitative estimate of drug-likeness (QED) is 0.914. The van der Waals surface area contributed by atoms with Crippen molar-refractivity contribution in [2.45, 2.75) is 39.3 Å². The van der Waals surface area contributed by atoms with Crippen LogP contribution in [-0.2, 0) is 4.74 Å². The van der Waals surface area contributed by atoms with Gasteiger partial charge in [-0.15, -0.1) is 0 Å². The fourth-order valence-corrected chi connectivity index (χ4v) is 2.51. The molecule has 1 fully saturated rings. The van der Waals surface area contributed by atoms with Gasteiger partial charge in [0.2, 0.25) is 0 Å². The Bertz CT molecular complexity index is 448. The van der Waals surface area contributed by atoms with Crippen molar-refractivity contribution in [1.82, 2.24) is 0 Å². The van der Waals surface area contributed by atoms with E-state index in [9.17, 15) is 4.39 Å². The van der Waals surface area contributed by atoms with E-state index in [1.165, 1.54) is 0 Å². The molecule has 0 aliphatic carbocycles. The Morgan fingerprint density at radius 3 is 2.89 bits per heavy atom. The lowest BCUT2D eigenvalue weighted by Crippen LogP contribution is -2.42. The maximum Gasteiger partial charge on any atom is 0.126 e. The number of nitrogens with zero attached hydrogens (tertiary/aromatic N) is 1. The Kier molecular flexibility index (Phi) is 4.42. The average Bonchev–Trinajstić information content (AvgIpc) is 2.41. The highest BCUT2D eigenvalue weighted by Gasteiger charge is 2.23. The molecule has 0 saturated carbocycles. The van der Waals surface area contributed by atoms with Gasteiger partial charge in [-0.2, -0.15) is 0 Å². The summed E-state index contributed by atoms with van der Waals surface area (Å²) in [5, 5.41) is 0. The van der Waals surface area contributed by atoms with Crippen molar-refractivity contribution in [3.63, 3.8) is 0 Å². The minimum Gasteiger partial charge on any atom is -0.375 e. The van der Waals surface area contributed by atoms with Gasteiger partial charge in [-0.3, -0.25) is 0 Å². The summed E-state index contributed by atoms with van der Waals surface area (Å²) in [7, 11) is 0. The third kappa shape index (κ3) is 3.07. The Hall–Kier alpha value is -1.13. The van der Waals surface area contributed by atoms with Gasteiger partial charge >= 0.3 is 0 Å². The molecule has 3 nitrogen and oxygen atoms in total. The fourth-order valence-electron chi connectivity index (χ4n) is 2.51. The second-order valence-corrected chi connectivity index (χ2v) is 5.30. The number of halogens is 1. The van der Waals surface area contributed by atoms with E-state index in [4.69, 9.17) is 10.5 Å². The molecular formula is C15H23FN2O. The topological polar surface area (TPSA) is 38.5 Å². The molecule has 2 unspecified atom stereocenters. The molecule has 2 atom stereocenters. The summed E-state index contributed by atoms with van der Waals surface area (Å²) < 4.78 is 19.4. The summed E-state index contributed by atoms with van der Waals surface area (Å²) in [5.41, 5.74) is 8.57. The molecule has 1 aromatic rings. The number of benzene rings is 1. The highest BCUT2D eigenvalue weighted by atomic mass is 19.1. The van der Waals surface area contributed by atoms with Crippen molar-refractivity contribution >= 4 is 5.69 Å². The van der Waals surface area contributed by atoms with Gasteiger partial charge in [0.05, 0.1) is 12.7 Å². The number of hydrogen-bond acceptors (Lipinski definition) is 3.